The molecular formula is C70H124O6. The molecule has 0 saturated carbocycles. The molecular weight excluding hydrogens is 937 g/mol. The molecule has 0 spiro atoms. The van der Waals surface area contributed by atoms with Crippen molar-refractivity contribution in [2.24, 2.45) is 0 Å². The Labute approximate surface area is 472 Å². The first-order valence-corrected chi connectivity index (χ1v) is 32.9. The van der Waals surface area contributed by atoms with E-state index in [4.69, 9.17) is 14.2 Å². The third-order valence-electron chi connectivity index (χ3n) is 14.4. The summed E-state index contributed by atoms with van der Waals surface area (Å²) in [5.41, 5.74) is 0. The number of carbonyl (C=O) groups is 3. The Bertz CT molecular complexity index is 1400. The SMILES string of the molecule is CCCCC/C=C\C/C=C\C/C=C\CCCCCCCCC(=O)OC(COC(=O)CCCCCCC/C=C\CCCCCCC)COC(=O)CCCCCCCCCCCCCCC/C=C\C/C=C\CCCCCCC. The van der Waals surface area contributed by atoms with Gasteiger partial charge >= 0.3 is 17.9 Å². The van der Waals surface area contributed by atoms with E-state index in [0.29, 0.717) is 19.3 Å². The Morgan fingerprint density at radius 3 is 0.776 bits per heavy atom. The van der Waals surface area contributed by atoms with Crippen molar-refractivity contribution >= 4 is 17.9 Å². The summed E-state index contributed by atoms with van der Waals surface area (Å²) in [4.78, 5) is 38.3. The second-order valence-corrected chi connectivity index (χ2v) is 22.0. The van der Waals surface area contributed by atoms with Crippen LogP contribution in [0.5, 0.6) is 0 Å². The maximum atomic E-state index is 12.9. The summed E-state index contributed by atoms with van der Waals surface area (Å²) in [5.74, 6) is -0.889. The first-order valence-electron chi connectivity index (χ1n) is 32.9. The van der Waals surface area contributed by atoms with Crippen LogP contribution < -0.4 is 0 Å². The van der Waals surface area contributed by atoms with Crippen molar-refractivity contribution in [3.8, 4) is 0 Å². The van der Waals surface area contributed by atoms with Gasteiger partial charge in [0.05, 0.1) is 0 Å². The van der Waals surface area contributed by atoms with E-state index in [1.54, 1.807) is 0 Å². The van der Waals surface area contributed by atoms with E-state index in [0.717, 1.165) is 96.3 Å². The highest BCUT2D eigenvalue weighted by Crippen LogP contribution is 2.16. The minimum atomic E-state index is -0.787. The molecule has 0 bridgehead atoms. The van der Waals surface area contributed by atoms with E-state index in [-0.39, 0.29) is 31.1 Å². The average Bonchev–Trinajstić information content (AvgIpc) is 3.42. The normalized spacial score (nSPS) is 12.5. The molecule has 0 heterocycles. The molecule has 0 aromatic rings. The lowest BCUT2D eigenvalue weighted by Crippen LogP contribution is -2.30. The van der Waals surface area contributed by atoms with E-state index in [1.807, 2.05) is 0 Å². The van der Waals surface area contributed by atoms with Crippen LogP contribution in [0.1, 0.15) is 335 Å². The predicted octanol–water partition coefficient (Wildman–Crippen LogP) is 22.5. The highest BCUT2D eigenvalue weighted by Gasteiger charge is 2.19. The molecule has 0 rings (SSSR count). The molecule has 0 amide bonds. The standard InChI is InChI=1S/C70H124O6/c1-4-7-10-13-16-19-22-25-28-30-32-33-34-35-36-37-39-40-42-45-48-51-54-57-60-63-69(72)75-66-67(65-74-68(71)62-59-56-53-50-47-44-27-24-21-18-15-12-9-6-3)76-70(73)64-61-58-55-52-49-46-43-41-38-31-29-26-23-20-17-14-11-8-5-2/h17,20,22,24-27,29-30,32,38,41,67H,4-16,18-19,21,23,28,31,33-37,39-40,42-66H2,1-3H3/b20-17-,25-22-,27-24-,29-26-,32-30-,41-38-. The van der Waals surface area contributed by atoms with Gasteiger partial charge in [0.25, 0.3) is 0 Å². The Kier molecular flexibility index (Phi) is 61.7. The first kappa shape index (κ1) is 72.8. The van der Waals surface area contributed by atoms with Crippen molar-refractivity contribution in [2.45, 2.75) is 341 Å². The zero-order valence-corrected chi connectivity index (χ0v) is 50.5. The molecule has 0 fully saturated rings. The van der Waals surface area contributed by atoms with E-state index >= 15 is 0 Å². The molecule has 0 aromatic heterocycles. The molecule has 6 nitrogen and oxygen atoms in total. The van der Waals surface area contributed by atoms with Gasteiger partial charge in [-0.25, -0.2) is 0 Å². The van der Waals surface area contributed by atoms with E-state index in [2.05, 4.69) is 93.7 Å². The molecule has 0 aromatic carbocycles. The van der Waals surface area contributed by atoms with Gasteiger partial charge in [-0.1, -0.05) is 273 Å². The van der Waals surface area contributed by atoms with Gasteiger partial charge in [-0.15, -0.1) is 0 Å². The molecule has 1 unspecified atom stereocenters. The average molecular weight is 1060 g/mol. The van der Waals surface area contributed by atoms with Gasteiger partial charge in [0.15, 0.2) is 6.10 Å². The smallest absolute Gasteiger partial charge is 0.306 e. The van der Waals surface area contributed by atoms with Gasteiger partial charge in [-0.2, -0.15) is 0 Å². The highest BCUT2D eigenvalue weighted by molar-refractivity contribution is 5.71. The fourth-order valence-electron chi connectivity index (χ4n) is 9.42. The van der Waals surface area contributed by atoms with Crippen molar-refractivity contribution in [2.75, 3.05) is 13.2 Å². The van der Waals surface area contributed by atoms with Crippen LogP contribution >= 0.6 is 0 Å². The number of rotatable bonds is 60. The molecule has 6 heteroatoms. The van der Waals surface area contributed by atoms with Crippen LogP contribution in [-0.2, 0) is 28.6 Å². The topological polar surface area (TPSA) is 78.9 Å². The fraction of sp³-hybridized carbons (Fsp3) is 0.786. The first-order chi connectivity index (χ1) is 37.5. The lowest BCUT2D eigenvalue weighted by atomic mass is 10.0. The predicted molar refractivity (Wildman–Crippen MR) is 330 cm³/mol. The Morgan fingerprint density at radius 2 is 0.474 bits per heavy atom. The summed E-state index contributed by atoms with van der Waals surface area (Å²) < 4.78 is 16.9. The van der Waals surface area contributed by atoms with Gasteiger partial charge in [0, 0.05) is 19.3 Å². The fourth-order valence-corrected chi connectivity index (χ4v) is 9.42. The molecule has 0 saturated heterocycles. The highest BCUT2D eigenvalue weighted by atomic mass is 16.6. The molecule has 0 aliphatic carbocycles. The van der Waals surface area contributed by atoms with Gasteiger partial charge in [0.1, 0.15) is 13.2 Å². The summed E-state index contributed by atoms with van der Waals surface area (Å²) in [5, 5.41) is 0. The van der Waals surface area contributed by atoms with E-state index in [9.17, 15) is 14.4 Å². The largest absolute Gasteiger partial charge is 0.462 e. The number of ether oxygens (including phenoxy) is 3. The third-order valence-corrected chi connectivity index (χ3v) is 14.4. The van der Waals surface area contributed by atoms with Crippen molar-refractivity contribution in [3.05, 3.63) is 72.9 Å². The van der Waals surface area contributed by atoms with Crippen LogP contribution in [0.4, 0.5) is 0 Å². The number of carbonyl (C=O) groups excluding carboxylic acids is 3. The number of esters is 3. The number of unbranched alkanes of at least 4 members (excludes halogenated alkanes) is 37. The van der Waals surface area contributed by atoms with Crippen LogP contribution in [0.25, 0.3) is 0 Å². The minimum absolute atomic E-state index is 0.0821. The maximum absolute atomic E-state index is 12.9. The van der Waals surface area contributed by atoms with Crippen molar-refractivity contribution in [1.82, 2.24) is 0 Å². The number of allylic oxidation sites excluding steroid dienone is 12. The molecule has 440 valence electrons. The number of hydrogen-bond acceptors (Lipinski definition) is 6. The van der Waals surface area contributed by atoms with Crippen molar-refractivity contribution < 1.29 is 28.6 Å². The van der Waals surface area contributed by atoms with Gasteiger partial charge < -0.3 is 14.2 Å². The van der Waals surface area contributed by atoms with Gasteiger partial charge in [0.2, 0.25) is 0 Å². The second kappa shape index (κ2) is 64.4. The zero-order chi connectivity index (χ0) is 55.0. The van der Waals surface area contributed by atoms with Crippen LogP contribution in [-0.4, -0.2) is 37.2 Å². The molecule has 0 N–H and O–H groups in total. The number of hydrogen-bond donors (Lipinski definition) is 0. The van der Waals surface area contributed by atoms with Crippen LogP contribution in [0.15, 0.2) is 72.9 Å². The Morgan fingerprint density at radius 1 is 0.263 bits per heavy atom. The Hall–Kier alpha value is -3.15. The van der Waals surface area contributed by atoms with Crippen LogP contribution in [0, 0.1) is 0 Å². The Balaban J connectivity index is 4.33. The second-order valence-electron chi connectivity index (χ2n) is 22.0. The summed E-state index contributed by atoms with van der Waals surface area (Å²) >= 11 is 0. The van der Waals surface area contributed by atoms with Gasteiger partial charge in [-0.3, -0.25) is 14.4 Å². The molecule has 0 aliphatic rings. The third kappa shape index (κ3) is 61.7. The van der Waals surface area contributed by atoms with Crippen LogP contribution in [0.2, 0.25) is 0 Å². The quantitative estimate of drug-likeness (QED) is 0.0261. The summed E-state index contributed by atoms with van der Waals surface area (Å²) in [6.45, 7) is 6.61. The summed E-state index contributed by atoms with van der Waals surface area (Å²) in [6, 6.07) is 0. The zero-order valence-electron chi connectivity index (χ0n) is 50.5. The van der Waals surface area contributed by atoms with Crippen LogP contribution in [0.3, 0.4) is 0 Å². The van der Waals surface area contributed by atoms with E-state index in [1.165, 1.54) is 199 Å². The van der Waals surface area contributed by atoms with Gasteiger partial charge in [-0.05, 0) is 116 Å². The molecule has 1 atom stereocenters. The minimum Gasteiger partial charge on any atom is -0.462 e. The van der Waals surface area contributed by atoms with E-state index < -0.39 is 6.10 Å². The molecule has 0 radical (unpaired) electrons. The monoisotopic (exact) mass is 1060 g/mol. The maximum Gasteiger partial charge on any atom is 0.306 e. The summed E-state index contributed by atoms with van der Waals surface area (Å²) in [7, 11) is 0. The lowest BCUT2D eigenvalue weighted by Gasteiger charge is -2.18. The van der Waals surface area contributed by atoms with Crippen molar-refractivity contribution in [1.29, 1.82) is 0 Å². The lowest BCUT2D eigenvalue weighted by molar-refractivity contribution is -0.167. The molecule has 76 heavy (non-hydrogen) atoms. The summed E-state index contributed by atoms with van der Waals surface area (Å²) in [6.07, 6.45) is 83.3. The molecule has 0 aliphatic heterocycles. The van der Waals surface area contributed by atoms with Crippen molar-refractivity contribution in [3.63, 3.8) is 0 Å².